The Morgan fingerprint density at radius 3 is 2.22 bits per heavy atom. The van der Waals surface area contributed by atoms with Crippen LogP contribution in [0.5, 0.6) is 17.2 Å². The van der Waals surface area contributed by atoms with Gasteiger partial charge in [0.15, 0.2) is 22.3 Å². The Balaban J connectivity index is 1.10. The Bertz CT molecular complexity index is 3130. The van der Waals surface area contributed by atoms with Crippen LogP contribution in [-0.4, -0.2) is 107 Å². The molecule has 76 heavy (non-hydrogen) atoms. The number of rotatable bonds is 17. The van der Waals surface area contributed by atoms with Crippen LogP contribution in [-0.2, 0) is 58.4 Å². The third-order valence-corrected chi connectivity index (χ3v) is 13.2. The molecule has 3 aromatic carbocycles. The second-order valence-corrected chi connectivity index (χ2v) is 22.0. The van der Waals surface area contributed by atoms with Gasteiger partial charge in [0.1, 0.15) is 59.1 Å². The van der Waals surface area contributed by atoms with Crippen LogP contribution < -0.4 is 25.3 Å². The minimum atomic E-state index is -1.69. The van der Waals surface area contributed by atoms with Gasteiger partial charge in [-0.2, -0.15) is 0 Å². The topological polar surface area (TPSA) is 262 Å². The molecule has 21 nitrogen and oxygen atoms in total. The molecule has 2 aliphatic heterocycles. The number of fused-ring (bicyclic) bond motifs is 1. The molecule has 0 spiro atoms. The number of carbonyl (C=O) groups is 6. The Morgan fingerprint density at radius 1 is 0.882 bits per heavy atom. The van der Waals surface area contributed by atoms with Gasteiger partial charge >= 0.3 is 18.0 Å². The predicted molar refractivity (Wildman–Crippen MR) is 282 cm³/mol. The molecule has 7 rings (SSSR count). The number of hydrogen-bond donors (Lipinski definition) is 5. The fourth-order valence-electron chi connectivity index (χ4n) is 7.35. The molecule has 5 N–H and O–H groups in total. The third kappa shape index (κ3) is 13.9. The van der Waals surface area contributed by atoms with Crippen molar-refractivity contribution >= 4 is 81.5 Å². The zero-order chi connectivity index (χ0) is 55.3. The number of allylic oxidation sites excluding steroid dienone is 1. The highest BCUT2D eigenvalue weighted by Crippen LogP contribution is 2.41. The van der Waals surface area contributed by atoms with E-state index in [1.807, 2.05) is 28.8 Å². The van der Waals surface area contributed by atoms with Crippen molar-refractivity contribution < 1.29 is 67.3 Å². The van der Waals surface area contributed by atoms with Crippen molar-refractivity contribution in [2.24, 2.45) is 12.2 Å². The number of anilines is 2. The van der Waals surface area contributed by atoms with Gasteiger partial charge in [0, 0.05) is 22.9 Å². The monoisotopic (exact) mass is 1080 g/mol. The lowest BCUT2D eigenvalue weighted by Crippen LogP contribution is -2.71. The number of thiazole rings is 1. The molecular formula is C53H59N8O13S2+. The van der Waals surface area contributed by atoms with Crippen molar-refractivity contribution in [3.05, 3.63) is 130 Å². The van der Waals surface area contributed by atoms with Crippen LogP contribution in [0.25, 0.3) is 6.08 Å². The standard InChI is InChI=1S/C53H58N8O13S2/c1-51(2,3)72-48(68)53(7,8)74-58-40(36-28-76-49(55-36)57-50(69)73-52(4,5)6)44(65)56-41-45(66)61-42(47(67)71-26-32-16-20-35(70-10)21-17-32)33(27-75-46(41)61)18-15-30-11-13-31(14-12-30)24-60-25-37(59(9)29-60)43(64)54-34-19-22-38(62)39(63)23-34/h11-23,25,28-29,41,46H,24,26-27H2,1-10H3,(H4-,54,55,56,57,58,62,63,64,65,69)/p+1/b18-15-/t41-,46-/m1/s1. The van der Waals surface area contributed by atoms with Crippen LogP contribution in [0.1, 0.15) is 88.3 Å². The Kier molecular flexibility index (Phi) is 16.6. The molecule has 1 saturated heterocycles. The second-order valence-electron chi connectivity index (χ2n) is 20.0. The smallest absolute Gasteiger partial charge is 0.413 e. The minimum absolute atomic E-state index is 0.00291. The number of esters is 2. The SMILES string of the molecule is COc1ccc(COC(=O)C2=C(/C=C\c3ccc(C[n+]4cc(C(=O)Nc5ccc(O)c(O)c5)n(C)c4)cc3)CS[C@@H]3[C@H](NC(=O)/C(=N\OC(C)(C)C(=O)OC(C)(C)C)c4csc(NC(=O)OC(C)(C)C)n4)C(=O)N23)cc1. The van der Waals surface area contributed by atoms with Crippen LogP contribution in [0.3, 0.4) is 0 Å². The highest BCUT2D eigenvalue weighted by Gasteiger charge is 2.54. The second kappa shape index (κ2) is 22.7. The fraction of sp³-hybridized carbons (Fsp3) is 0.340. The first-order valence-electron chi connectivity index (χ1n) is 23.7. The summed E-state index contributed by atoms with van der Waals surface area (Å²) < 4.78 is 25.4. The summed E-state index contributed by atoms with van der Waals surface area (Å²) in [6.45, 7) is 13.3. The van der Waals surface area contributed by atoms with E-state index in [9.17, 15) is 39.0 Å². The highest BCUT2D eigenvalue weighted by molar-refractivity contribution is 8.00. The molecule has 1 fully saturated rings. The number of hydrogen-bond acceptors (Lipinski definition) is 17. The number of oxime groups is 1. The van der Waals surface area contributed by atoms with E-state index in [4.69, 9.17) is 23.8 Å². The number of aryl methyl sites for hydroxylation is 1. The summed E-state index contributed by atoms with van der Waals surface area (Å²) in [5, 5.41) is 32.2. The van der Waals surface area contributed by atoms with Crippen molar-refractivity contribution in [3.8, 4) is 17.2 Å². The van der Waals surface area contributed by atoms with Crippen LogP contribution in [0, 0.1) is 0 Å². The maximum Gasteiger partial charge on any atom is 0.413 e. The predicted octanol–water partition coefficient (Wildman–Crippen LogP) is 6.79. The van der Waals surface area contributed by atoms with E-state index >= 15 is 0 Å². The Hall–Kier alpha value is -8.18. The number of aromatic hydroxyl groups is 2. The van der Waals surface area contributed by atoms with Crippen molar-refractivity contribution in [1.82, 2.24) is 19.8 Å². The number of ether oxygens (including phenoxy) is 4. The van der Waals surface area contributed by atoms with Crippen LogP contribution in [0.15, 0.2) is 107 Å². The van der Waals surface area contributed by atoms with Crippen molar-refractivity contribution in [1.29, 1.82) is 0 Å². The molecule has 2 aromatic heterocycles. The summed E-state index contributed by atoms with van der Waals surface area (Å²) in [5.74, 6) is -3.28. The maximum absolute atomic E-state index is 14.3. The van der Waals surface area contributed by atoms with Gasteiger partial charge < -0.3 is 44.6 Å². The number of nitrogens with one attached hydrogen (secondary N) is 3. The highest BCUT2D eigenvalue weighted by atomic mass is 32.2. The van der Waals surface area contributed by atoms with Crippen molar-refractivity contribution in [2.75, 3.05) is 23.5 Å². The first-order chi connectivity index (χ1) is 35.8. The average molecular weight is 1080 g/mol. The molecule has 2 atom stereocenters. The lowest BCUT2D eigenvalue weighted by Gasteiger charge is -2.49. The number of thioether (sulfide) groups is 1. The van der Waals surface area contributed by atoms with Crippen LogP contribution >= 0.6 is 23.1 Å². The maximum atomic E-state index is 14.3. The number of carbonyl (C=O) groups excluding carboxylic acids is 6. The van der Waals surface area contributed by atoms with Gasteiger partial charge in [0.2, 0.25) is 17.6 Å². The number of β-lactam (4-membered cyclic amide) rings is 1. The van der Waals surface area contributed by atoms with Gasteiger partial charge in [-0.15, -0.1) is 23.1 Å². The van der Waals surface area contributed by atoms with Gasteiger partial charge in [-0.3, -0.25) is 24.6 Å². The summed E-state index contributed by atoms with van der Waals surface area (Å²) in [7, 11) is 3.27. The van der Waals surface area contributed by atoms with E-state index in [2.05, 4.69) is 26.1 Å². The first kappa shape index (κ1) is 55.6. The van der Waals surface area contributed by atoms with E-state index in [1.165, 1.54) is 61.2 Å². The number of phenols is 2. The molecule has 0 bridgehead atoms. The number of aromatic nitrogens is 3. The quantitative estimate of drug-likeness (QED) is 0.00939. The molecule has 400 valence electrons. The number of phenolic OH excluding ortho intramolecular Hbond substituents is 2. The van der Waals surface area contributed by atoms with E-state index < -0.39 is 69.7 Å². The fourth-order valence-corrected chi connectivity index (χ4v) is 9.35. The lowest BCUT2D eigenvalue weighted by molar-refractivity contribution is -0.687. The minimum Gasteiger partial charge on any atom is -0.504 e. The molecule has 2 aliphatic rings. The molecule has 0 saturated carbocycles. The molecule has 23 heteroatoms. The van der Waals surface area contributed by atoms with E-state index in [1.54, 1.807) is 102 Å². The molecule has 0 radical (unpaired) electrons. The van der Waals surface area contributed by atoms with Crippen molar-refractivity contribution in [3.63, 3.8) is 0 Å². The lowest BCUT2D eigenvalue weighted by atomic mass is 10.0. The molecule has 4 heterocycles. The summed E-state index contributed by atoms with van der Waals surface area (Å²) >= 11 is 2.27. The first-order valence-corrected chi connectivity index (χ1v) is 25.6. The normalized spacial score (nSPS) is 15.8. The number of methoxy groups -OCH3 is 1. The van der Waals surface area contributed by atoms with E-state index in [-0.39, 0.29) is 40.4 Å². The van der Waals surface area contributed by atoms with Gasteiger partial charge in [0.05, 0.1) is 14.2 Å². The van der Waals surface area contributed by atoms with Gasteiger partial charge in [-0.05, 0) is 102 Å². The number of benzene rings is 3. The number of imidazole rings is 1. The van der Waals surface area contributed by atoms with Gasteiger partial charge in [-0.25, -0.2) is 28.5 Å². The van der Waals surface area contributed by atoms with Crippen LogP contribution in [0.4, 0.5) is 15.6 Å². The summed E-state index contributed by atoms with van der Waals surface area (Å²) in [4.78, 5) is 92.8. The molecule has 5 aromatic rings. The summed E-state index contributed by atoms with van der Waals surface area (Å²) in [5.41, 5.74) is -0.328. The summed E-state index contributed by atoms with van der Waals surface area (Å²) in [6, 6.07) is 17.4. The average Bonchev–Trinajstić information content (AvgIpc) is 3.97. The van der Waals surface area contributed by atoms with Crippen LogP contribution in [0.2, 0.25) is 0 Å². The number of amides is 4. The van der Waals surface area contributed by atoms with Gasteiger partial charge in [-0.1, -0.05) is 53.7 Å². The Labute approximate surface area is 446 Å². The summed E-state index contributed by atoms with van der Waals surface area (Å²) in [6.07, 6.45) is 6.21. The van der Waals surface area contributed by atoms with E-state index in [0.717, 1.165) is 22.5 Å². The molecule has 0 aliphatic carbocycles. The largest absolute Gasteiger partial charge is 0.504 e. The molecule has 4 amide bonds. The molecule has 0 unspecified atom stereocenters. The Morgan fingerprint density at radius 2 is 1.57 bits per heavy atom. The number of nitrogens with zero attached hydrogens (tertiary/aromatic N) is 5. The zero-order valence-electron chi connectivity index (χ0n) is 43.5. The van der Waals surface area contributed by atoms with Crippen molar-refractivity contribution in [2.45, 2.75) is 96.8 Å². The third-order valence-electron chi connectivity index (χ3n) is 11.1. The molecular weight excluding hydrogens is 1020 g/mol. The van der Waals surface area contributed by atoms with E-state index in [0.29, 0.717) is 34.8 Å². The zero-order valence-corrected chi connectivity index (χ0v) is 45.1. The van der Waals surface area contributed by atoms with Gasteiger partial charge in [0.25, 0.3) is 17.7 Å².